The van der Waals surface area contributed by atoms with Gasteiger partial charge in [0, 0.05) is 17.9 Å². The van der Waals surface area contributed by atoms with Gasteiger partial charge in [-0.25, -0.2) is 0 Å². The minimum atomic E-state index is 0.326. The van der Waals surface area contributed by atoms with Crippen molar-refractivity contribution >= 4 is 17.4 Å². The van der Waals surface area contributed by atoms with Gasteiger partial charge >= 0.3 is 0 Å². The van der Waals surface area contributed by atoms with Gasteiger partial charge in [-0.2, -0.15) is 0 Å². The number of hydrogen-bond donors (Lipinski definition) is 0. The van der Waals surface area contributed by atoms with Crippen LogP contribution in [0.1, 0.15) is 37.8 Å². The van der Waals surface area contributed by atoms with Gasteiger partial charge in [-0.3, -0.25) is 4.79 Å². The minimum Gasteiger partial charge on any atom is -0.300 e. The molecule has 2 heteroatoms. The minimum absolute atomic E-state index is 0.326. The van der Waals surface area contributed by atoms with Crippen LogP contribution in [-0.2, 0) is 11.2 Å². The van der Waals surface area contributed by atoms with Crippen LogP contribution in [0.3, 0.4) is 0 Å². The second-order valence-electron chi connectivity index (χ2n) is 4.73. The summed E-state index contributed by atoms with van der Waals surface area (Å²) in [6.45, 7) is 6.15. The molecule has 0 aromatic heterocycles. The van der Waals surface area contributed by atoms with Crippen LogP contribution in [0.15, 0.2) is 18.2 Å². The summed E-state index contributed by atoms with van der Waals surface area (Å²) in [6, 6.07) is 6.00. The van der Waals surface area contributed by atoms with Gasteiger partial charge in [-0.05, 0) is 36.5 Å². The first-order chi connectivity index (χ1) is 7.49. The summed E-state index contributed by atoms with van der Waals surface area (Å²) in [5, 5.41) is 0.775. The molecule has 0 aliphatic carbocycles. The highest BCUT2D eigenvalue weighted by molar-refractivity contribution is 6.31. The first-order valence-electron chi connectivity index (χ1n) is 5.75. The predicted octanol–water partition coefficient (Wildman–Crippen LogP) is 4.20. The molecule has 0 amide bonds. The molecule has 0 N–H and O–H groups in total. The van der Waals surface area contributed by atoms with Crippen molar-refractivity contribution in [1.29, 1.82) is 0 Å². The molecule has 0 saturated carbocycles. The Kier molecular flexibility index (Phi) is 5.01. The van der Waals surface area contributed by atoms with E-state index in [4.69, 9.17) is 11.6 Å². The Morgan fingerprint density at radius 2 is 2.06 bits per heavy atom. The lowest BCUT2D eigenvalue weighted by molar-refractivity contribution is -0.119. The van der Waals surface area contributed by atoms with Crippen LogP contribution in [0.25, 0.3) is 0 Å². The quantitative estimate of drug-likeness (QED) is 0.752. The SMILES string of the molecule is Cc1ccc(CCC(=O)CC(C)C)c(Cl)c1. The van der Waals surface area contributed by atoms with E-state index in [-0.39, 0.29) is 0 Å². The molecule has 0 aliphatic heterocycles. The monoisotopic (exact) mass is 238 g/mol. The highest BCUT2D eigenvalue weighted by Gasteiger charge is 2.07. The molecule has 0 saturated heterocycles. The zero-order chi connectivity index (χ0) is 12.1. The van der Waals surface area contributed by atoms with E-state index in [1.54, 1.807) is 0 Å². The van der Waals surface area contributed by atoms with E-state index >= 15 is 0 Å². The van der Waals surface area contributed by atoms with E-state index in [1.807, 2.05) is 25.1 Å². The molecule has 88 valence electrons. The topological polar surface area (TPSA) is 17.1 Å². The van der Waals surface area contributed by atoms with Gasteiger partial charge in [-0.15, -0.1) is 0 Å². The number of aryl methyl sites for hydroxylation is 2. The zero-order valence-electron chi connectivity index (χ0n) is 10.2. The molecular weight excluding hydrogens is 220 g/mol. The lowest BCUT2D eigenvalue weighted by Gasteiger charge is -2.06. The normalized spacial score (nSPS) is 10.8. The van der Waals surface area contributed by atoms with Crippen LogP contribution in [0, 0.1) is 12.8 Å². The first-order valence-corrected chi connectivity index (χ1v) is 6.13. The fourth-order valence-corrected chi connectivity index (χ4v) is 2.02. The van der Waals surface area contributed by atoms with E-state index in [2.05, 4.69) is 13.8 Å². The Morgan fingerprint density at radius 1 is 1.38 bits per heavy atom. The molecule has 1 aromatic rings. The number of benzene rings is 1. The van der Waals surface area contributed by atoms with Crippen molar-refractivity contribution in [2.45, 2.75) is 40.0 Å². The van der Waals surface area contributed by atoms with Crippen molar-refractivity contribution in [1.82, 2.24) is 0 Å². The maximum atomic E-state index is 11.6. The van der Waals surface area contributed by atoms with Gasteiger partial charge in [0.05, 0.1) is 0 Å². The molecule has 16 heavy (non-hydrogen) atoms. The molecule has 0 heterocycles. The summed E-state index contributed by atoms with van der Waals surface area (Å²) in [7, 11) is 0. The largest absolute Gasteiger partial charge is 0.300 e. The molecule has 0 radical (unpaired) electrons. The molecule has 0 atom stereocenters. The molecule has 0 fully saturated rings. The lowest BCUT2D eigenvalue weighted by atomic mass is 10.0. The summed E-state index contributed by atoms with van der Waals surface area (Å²) in [5.74, 6) is 0.771. The highest BCUT2D eigenvalue weighted by atomic mass is 35.5. The van der Waals surface area contributed by atoms with Gasteiger partial charge < -0.3 is 0 Å². The molecule has 0 unspecified atom stereocenters. The predicted molar refractivity (Wildman–Crippen MR) is 69.0 cm³/mol. The van der Waals surface area contributed by atoms with Crippen molar-refractivity contribution in [3.05, 3.63) is 34.3 Å². The Labute approximate surface area is 103 Å². The Hall–Kier alpha value is -0.820. The summed E-state index contributed by atoms with van der Waals surface area (Å²) in [4.78, 5) is 11.6. The fourth-order valence-electron chi connectivity index (χ4n) is 1.69. The van der Waals surface area contributed by atoms with Gasteiger partial charge in [0.25, 0.3) is 0 Å². The third-order valence-electron chi connectivity index (χ3n) is 2.52. The number of ketones is 1. The second-order valence-corrected chi connectivity index (χ2v) is 5.14. The summed E-state index contributed by atoms with van der Waals surface area (Å²) in [6.07, 6.45) is 2.02. The molecule has 1 rings (SSSR count). The third kappa shape index (κ3) is 4.36. The van der Waals surface area contributed by atoms with Crippen LogP contribution < -0.4 is 0 Å². The molecule has 0 aliphatic rings. The number of rotatable bonds is 5. The number of carbonyl (C=O) groups is 1. The fraction of sp³-hybridized carbons (Fsp3) is 0.500. The first kappa shape index (κ1) is 13.2. The Bertz CT molecular complexity index is 369. The van der Waals surface area contributed by atoms with Crippen molar-refractivity contribution < 1.29 is 4.79 Å². The maximum Gasteiger partial charge on any atom is 0.133 e. The van der Waals surface area contributed by atoms with Gasteiger partial charge in [0.2, 0.25) is 0 Å². The average molecular weight is 239 g/mol. The van der Waals surface area contributed by atoms with Crippen LogP contribution in [0.2, 0.25) is 5.02 Å². The van der Waals surface area contributed by atoms with E-state index < -0.39 is 0 Å². The third-order valence-corrected chi connectivity index (χ3v) is 2.87. The number of halogens is 1. The van der Waals surface area contributed by atoms with Crippen LogP contribution in [0.5, 0.6) is 0 Å². The van der Waals surface area contributed by atoms with Gasteiger partial charge in [0.15, 0.2) is 0 Å². The molecule has 1 nitrogen and oxygen atoms in total. The van der Waals surface area contributed by atoms with E-state index in [0.29, 0.717) is 24.5 Å². The Balaban J connectivity index is 2.51. The zero-order valence-corrected chi connectivity index (χ0v) is 11.0. The maximum absolute atomic E-state index is 11.6. The van der Waals surface area contributed by atoms with Crippen molar-refractivity contribution in [3.8, 4) is 0 Å². The van der Waals surface area contributed by atoms with Crippen LogP contribution in [-0.4, -0.2) is 5.78 Å². The summed E-state index contributed by atoms with van der Waals surface area (Å²) in [5.41, 5.74) is 2.23. The summed E-state index contributed by atoms with van der Waals surface area (Å²) >= 11 is 6.11. The van der Waals surface area contributed by atoms with Crippen LogP contribution in [0.4, 0.5) is 0 Å². The molecular formula is C14H19ClO. The van der Waals surface area contributed by atoms with Crippen molar-refractivity contribution in [3.63, 3.8) is 0 Å². The van der Waals surface area contributed by atoms with E-state index in [1.165, 1.54) is 0 Å². The standard InChI is InChI=1S/C14H19ClO/c1-10(2)8-13(16)7-6-12-5-4-11(3)9-14(12)15/h4-5,9-10H,6-8H2,1-3H3. The number of Topliss-reactive ketones (excluding diaryl/α,β-unsaturated/α-hetero) is 1. The van der Waals surface area contributed by atoms with Crippen molar-refractivity contribution in [2.24, 2.45) is 5.92 Å². The van der Waals surface area contributed by atoms with E-state index in [9.17, 15) is 4.79 Å². The second kappa shape index (κ2) is 6.05. The van der Waals surface area contributed by atoms with Crippen molar-refractivity contribution in [2.75, 3.05) is 0 Å². The molecule has 0 spiro atoms. The molecule has 1 aromatic carbocycles. The van der Waals surface area contributed by atoms with Crippen LogP contribution >= 0.6 is 11.6 Å². The summed E-state index contributed by atoms with van der Waals surface area (Å²) < 4.78 is 0. The van der Waals surface area contributed by atoms with Gasteiger partial charge in [-0.1, -0.05) is 37.6 Å². The Morgan fingerprint density at radius 3 is 2.62 bits per heavy atom. The highest BCUT2D eigenvalue weighted by Crippen LogP contribution is 2.19. The van der Waals surface area contributed by atoms with Gasteiger partial charge in [0.1, 0.15) is 5.78 Å². The van der Waals surface area contributed by atoms with E-state index in [0.717, 1.165) is 22.6 Å². The molecule has 0 bridgehead atoms. The smallest absolute Gasteiger partial charge is 0.133 e. The lowest BCUT2D eigenvalue weighted by Crippen LogP contribution is -2.04. The number of hydrogen-bond acceptors (Lipinski definition) is 1. The average Bonchev–Trinajstić information content (AvgIpc) is 2.15. The number of carbonyl (C=O) groups excluding carboxylic acids is 1.